The fourth-order valence-corrected chi connectivity index (χ4v) is 2.20. The van der Waals surface area contributed by atoms with Gasteiger partial charge in [-0.05, 0) is 19.1 Å². The number of hydrogen-bond acceptors (Lipinski definition) is 3. The van der Waals surface area contributed by atoms with Crippen molar-refractivity contribution in [1.82, 2.24) is 4.98 Å². The van der Waals surface area contributed by atoms with E-state index in [1.807, 2.05) is 6.92 Å². The normalized spacial score (nSPS) is 10.4. The number of nitrogens with zero attached hydrogens (tertiary/aromatic N) is 1. The number of aryl methyl sites for hydroxylation is 1. The van der Waals surface area contributed by atoms with Crippen LogP contribution in [0, 0.1) is 18.6 Å². The predicted molar refractivity (Wildman–Crippen MR) is 65.5 cm³/mol. The first-order valence-electron chi connectivity index (χ1n) is 5.20. The lowest BCUT2D eigenvalue weighted by Crippen LogP contribution is -2.14. The van der Waals surface area contributed by atoms with Crippen LogP contribution in [0.4, 0.5) is 14.5 Å². The zero-order valence-corrected chi connectivity index (χ0v) is 10.4. The van der Waals surface area contributed by atoms with Gasteiger partial charge in [0.25, 0.3) is 0 Å². The van der Waals surface area contributed by atoms with Crippen LogP contribution in [0.3, 0.4) is 0 Å². The predicted octanol–water partition coefficient (Wildman–Crippen LogP) is 2.91. The molecule has 0 spiro atoms. The molecule has 0 atom stereocenters. The summed E-state index contributed by atoms with van der Waals surface area (Å²) in [7, 11) is 0. The van der Waals surface area contributed by atoms with Crippen LogP contribution in [0.2, 0.25) is 0 Å². The van der Waals surface area contributed by atoms with Crippen LogP contribution in [0.1, 0.15) is 10.6 Å². The third-order valence-electron chi connectivity index (χ3n) is 2.37. The summed E-state index contributed by atoms with van der Waals surface area (Å²) in [6, 6.07) is 3.24. The van der Waals surface area contributed by atoms with Gasteiger partial charge in [-0.1, -0.05) is 0 Å². The lowest BCUT2D eigenvalue weighted by molar-refractivity contribution is -0.115. The number of rotatable bonds is 3. The van der Waals surface area contributed by atoms with Gasteiger partial charge in [-0.2, -0.15) is 0 Å². The number of nitrogens with one attached hydrogen (secondary N) is 1. The Bertz CT molecular complexity index is 583. The molecule has 0 saturated carbocycles. The Morgan fingerprint density at radius 3 is 2.78 bits per heavy atom. The Balaban J connectivity index is 2.03. The summed E-state index contributed by atoms with van der Waals surface area (Å²) in [5.41, 5.74) is 2.71. The minimum absolute atomic E-state index is 0.176. The molecule has 1 aromatic heterocycles. The second-order valence-electron chi connectivity index (χ2n) is 3.71. The van der Waals surface area contributed by atoms with E-state index in [1.54, 1.807) is 5.51 Å². The highest BCUT2D eigenvalue weighted by Crippen LogP contribution is 2.16. The monoisotopic (exact) mass is 268 g/mol. The summed E-state index contributed by atoms with van der Waals surface area (Å²) in [5, 5.41) is 2.51. The van der Waals surface area contributed by atoms with E-state index >= 15 is 0 Å². The molecule has 6 heteroatoms. The molecule has 94 valence electrons. The first-order valence-corrected chi connectivity index (χ1v) is 6.08. The quantitative estimate of drug-likeness (QED) is 0.930. The Morgan fingerprint density at radius 1 is 1.39 bits per heavy atom. The number of anilines is 1. The van der Waals surface area contributed by atoms with Crippen LogP contribution in [-0.2, 0) is 11.2 Å². The van der Waals surface area contributed by atoms with E-state index in [0.29, 0.717) is 0 Å². The van der Waals surface area contributed by atoms with Crippen molar-refractivity contribution in [1.29, 1.82) is 0 Å². The van der Waals surface area contributed by atoms with Gasteiger partial charge in [-0.25, -0.2) is 13.8 Å². The molecule has 0 fully saturated rings. The largest absolute Gasteiger partial charge is 0.326 e. The lowest BCUT2D eigenvalue weighted by atomic mass is 10.2. The fourth-order valence-electron chi connectivity index (χ4n) is 1.42. The number of halogens is 2. The van der Waals surface area contributed by atoms with Gasteiger partial charge in [0.1, 0.15) is 0 Å². The maximum atomic E-state index is 12.9. The molecule has 0 aliphatic heterocycles. The topological polar surface area (TPSA) is 42.0 Å². The maximum Gasteiger partial charge on any atom is 0.229 e. The first-order chi connectivity index (χ1) is 8.56. The third-order valence-corrected chi connectivity index (χ3v) is 3.30. The Morgan fingerprint density at radius 2 is 2.17 bits per heavy atom. The number of amides is 1. The average Bonchev–Trinajstić information content (AvgIpc) is 2.70. The maximum absolute atomic E-state index is 12.9. The first kappa shape index (κ1) is 12.6. The van der Waals surface area contributed by atoms with E-state index in [2.05, 4.69) is 10.3 Å². The van der Waals surface area contributed by atoms with E-state index < -0.39 is 11.6 Å². The van der Waals surface area contributed by atoms with Crippen molar-refractivity contribution in [3.8, 4) is 0 Å². The molecule has 1 N–H and O–H groups in total. The van der Waals surface area contributed by atoms with Crippen LogP contribution >= 0.6 is 11.3 Å². The van der Waals surface area contributed by atoms with Crippen LogP contribution in [0.5, 0.6) is 0 Å². The highest BCUT2D eigenvalue weighted by atomic mass is 32.1. The summed E-state index contributed by atoms with van der Waals surface area (Å²) in [6.07, 6.45) is 0.176. The van der Waals surface area contributed by atoms with Gasteiger partial charge in [0.15, 0.2) is 11.6 Å². The second kappa shape index (κ2) is 5.22. The van der Waals surface area contributed by atoms with Crippen LogP contribution in [0.25, 0.3) is 0 Å². The molecule has 1 aromatic carbocycles. The molecule has 1 heterocycles. The number of aromatic nitrogens is 1. The number of hydrogen-bond donors (Lipinski definition) is 1. The summed E-state index contributed by atoms with van der Waals surface area (Å²) < 4.78 is 25.6. The fraction of sp³-hybridized carbons (Fsp3) is 0.167. The number of benzene rings is 1. The van der Waals surface area contributed by atoms with Gasteiger partial charge in [-0.3, -0.25) is 4.79 Å². The number of carbonyl (C=O) groups is 1. The van der Waals surface area contributed by atoms with Crippen LogP contribution in [-0.4, -0.2) is 10.9 Å². The summed E-state index contributed by atoms with van der Waals surface area (Å²) >= 11 is 1.39. The van der Waals surface area contributed by atoms with Crippen molar-refractivity contribution in [2.24, 2.45) is 0 Å². The average molecular weight is 268 g/mol. The molecule has 1 amide bonds. The molecule has 0 aliphatic carbocycles. The zero-order valence-electron chi connectivity index (χ0n) is 9.54. The molecule has 0 aliphatic rings. The third kappa shape index (κ3) is 2.89. The van der Waals surface area contributed by atoms with Crippen molar-refractivity contribution in [3.05, 3.63) is 45.9 Å². The molecule has 18 heavy (non-hydrogen) atoms. The van der Waals surface area contributed by atoms with Gasteiger partial charge >= 0.3 is 0 Å². The molecule has 0 bridgehead atoms. The SMILES string of the molecule is Cc1ncsc1CC(=O)Nc1ccc(F)c(F)c1. The van der Waals surface area contributed by atoms with Gasteiger partial charge < -0.3 is 5.32 Å². The van der Waals surface area contributed by atoms with E-state index in [1.165, 1.54) is 17.4 Å². The molecule has 0 unspecified atom stereocenters. The molecular formula is C12H10F2N2OS. The second-order valence-corrected chi connectivity index (χ2v) is 4.65. The Labute approximate surface area is 106 Å². The molecular weight excluding hydrogens is 258 g/mol. The Hall–Kier alpha value is -1.82. The van der Waals surface area contributed by atoms with Crippen molar-refractivity contribution in [2.75, 3.05) is 5.32 Å². The zero-order chi connectivity index (χ0) is 13.1. The van der Waals surface area contributed by atoms with E-state index in [-0.39, 0.29) is 18.0 Å². The van der Waals surface area contributed by atoms with Gasteiger partial charge in [0.05, 0.1) is 17.6 Å². The molecule has 2 rings (SSSR count). The van der Waals surface area contributed by atoms with Crippen LogP contribution in [0.15, 0.2) is 23.7 Å². The molecule has 0 saturated heterocycles. The van der Waals surface area contributed by atoms with Crippen molar-refractivity contribution < 1.29 is 13.6 Å². The summed E-state index contributed by atoms with van der Waals surface area (Å²) in [4.78, 5) is 16.6. The van der Waals surface area contributed by atoms with Crippen molar-refractivity contribution >= 4 is 22.9 Å². The van der Waals surface area contributed by atoms with Gasteiger partial charge in [0.2, 0.25) is 5.91 Å². The van der Waals surface area contributed by atoms with Gasteiger partial charge in [0, 0.05) is 16.6 Å². The van der Waals surface area contributed by atoms with Crippen LogP contribution < -0.4 is 5.32 Å². The standard InChI is InChI=1S/C12H10F2N2OS/c1-7-11(18-6-15-7)5-12(17)16-8-2-3-9(13)10(14)4-8/h2-4,6H,5H2,1H3,(H,16,17). The number of thiazole rings is 1. The van der Waals surface area contributed by atoms with E-state index in [9.17, 15) is 13.6 Å². The van der Waals surface area contributed by atoms with E-state index in [0.717, 1.165) is 22.7 Å². The highest BCUT2D eigenvalue weighted by molar-refractivity contribution is 7.09. The molecule has 2 aromatic rings. The molecule has 3 nitrogen and oxygen atoms in total. The van der Waals surface area contributed by atoms with Gasteiger partial charge in [-0.15, -0.1) is 11.3 Å². The number of carbonyl (C=O) groups excluding carboxylic acids is 1. The minimum atomic E-state index is -0.984. The van der Waals surface area contributed by atoms with E-state index in [4.69, 9.17) is 0 Å². The van der Waals surface area contributed by atoms with Crippen molar-refractivity contribution in [2.45, 2.75) is 13.3 Å². The van der Waals surface area contributed by atoms with Crippen molar-refractivity contribution in [3.63, 3.8) is 0 Å². The summed E-state index contributed by atoms with van der Waals surface area (Å²) in [6.45, 7) is 1.82. The lowest BCUT2D eigenvalue weighted by Gasteiger charge is -2.05. The summed E-state index contributed by atoms with van der Waals surface area (Å²) in [5.74, 6) is -2.21. The molecule has 0 radical (unpaired) electrons. The smallest absolute Gasteiger partial charge is 0.229 e. The minimum Gasteiger partial charge on any atom is -0.326 e. The Kier molecular flexibility index (Phi) is 3.66. The highest BCUT2D eigenvalue weighted by Gasteiger charge is 2.10.